The first-order chi connectivity index (χ1) is 11.6. The molecule has 1 aliphatic carbocycles. The van der Waals surface area contributed by atoms with E-state index in [-0.39, 0.29) is 22.3 Å². The molecule has 1 aromatic rings. The Morgan fingerprint density at radius 1 is 1.28 bits per heavy atom. The molecule has 1 amide bonds. The highest BCUT2D eigenvalue weighted by atomic mass is 32.2. The smallest absolute Gasteiger partial charge is 0.240 e. The predicted octanol–water partition coefficient (Wildman–Crippen LogP) is 1.50. The molecule has 0 aliphatic heterocycles. The maximum Gasteiger partial charge on any atom is 0.240 e. The number of hydrogen-bond acceptors (Lipinski definition) is 4. The molecule has 1 aromatic carbocycles. The van der Waals surface area contributed by atoms with Crippen LogP contribution in [0.4, 0.5) is 0 Å². The number of rotatable bonds is 9. The number of benzene rings is 1. The van der Waals surface area contributed by atoms with E-state index >= 15 is 0 Å². The fourth-order valence-corrected chi connectivity index (χ4v) is 3.87. The van der Waals surface area contributed by atoms with Crippen LogP contribution in [0.25, 0.3) is 0 Å². The molecule has 25 heavy (non-hydrogen) atoms. The van der Waals surface area contributed by atoms with Crippen molar-refractivity contribution >= 4 is 15.9 Å². The maximum atomic E-state index is 12.2. The number of hydrogen-bond donors (Lipinski definition) is 2. The van der Waals surface area contributed by atoms with Crippen molar-refractivity contribution in [3.8, 4) is 0 Å². The lowest BCUT2D eigenvalue weighted by Crippen LogP contribution is -2.39. The van der Waals surface area contributed by atoms with Crippen molar-refractivity contribution in [2.24, 2.45) is 11.1 Å². The van der Waals surface area contributed by atoms with Crippen molar-refractivity contribution in [3.05, 3.63) is 29.8 Å². The molecule has 1 aliphatic rings. The van der Waals surface area contributed by atoms with Crippen molar-refractivity contribution in [1.82, 2.24) is 9.62 Å². The van der Waals surface area contributed by atoms with Crippen molar-refractivity contribution in [1.29, 1.82) is 0 Å². The molecule has 0 atom stereocenters. The number of carbonyl (C=O) groups excluding carboxylic acids is 1. The number of nitrogens with one attached hydrogen (secondary N) is 1. The molecule has 3 N–H and O–H groups in total. The highest BCUT2D eigenvalue weighted by Crippen LogP contribution is 2.22. The molecule has 0 heterocycles. The molecule has 0 saturated heterocycles. The second-order valence-corrected chi connectivity index (χ2v) is 9.37. The summed E-state index contributed by atoms with van der Waals surface area (Å²) >= 11 is 0. The Bertz CT molecular complexity index is 695. The molecular formula is C18H29N3O3S. The quantitative estimate of drug-likeness (QED) is 0.692. The van der Waals surface area contributed by atoms with Gasteiger partial charge in [-0.15, -0.1) is 0 Å². The lowest BCUT2D eigenvalue weighted by atomic mass is 9.93. The van der Waals surface area contributed by atoms with Gasteiger partial charge in [-0.1, -0.05) is 26.0 Å². The molecule has 0 spiro atoms. The van der Waals surface area contributed by atoms with Crippen LogP contribution in [0.3, 0.4) is 0 Å². The molecule has 0 aromatic heterocycles. The van der Waals surface area contributed by atoms with Crippen LogP contribution in [0, 0.1) is 5.41 Å². The van der Waals surface area contributed by atoms with Gasteiger partial charge in [0.2, 0.25) is 15.9 Å². The predicted molar refractivity (Wildman–Crippen MR) is 98.6 cm³/mol. The monoisotopic (exact) mass is 367 g/mol. The van der Waals surface area contributed by atoms with Gasteiger partial charge >= 0.3 is 0 Å². The highest BCUT2D eigenvalue weighted by molar-refractivity contribution is 7.89. The highest BCUT2D eigenvalue weighted by Gasteiger charge is 2.27. The van der Waals surface area contributed by atoms with E-state index < -0.39 is 10.0 Å². The minimum Gasteiger partial charge on any atom is -0.345 e. The van der Waals surface area contributed by atoms with E-state index in [4.69, 9.17) is 5.73 Å². The molecule has 0 bridgehead atoms. The summed E-state index contributed by atoms with van der Waals surface area (Å²) in [7, 11) is -1.63. The zero-order chi connectivity index (χ0) is 18.7. The van der Waals surface area contributed by atoms with Gasteiger partial charge in [-0.2, -0.15) is 0 Å². The molecule has 2 rings (SSSR count). The van der Waals surface area contributed by atoms with Crippen LogP contribution in [0.1, 0.15) is 38.7 Å². The molecular weight excluding hydrogens is 338 g/mol. The Morgan fingerprint density at radius 2 is 1.88 bits per heavy atom. The molecule has 1 fully saturated rings. The molecule has 7 heteroatoms. The SMILES string of the molecule is CN(CC(C)(C)CN)C(=O)CCc1ccc(S(=O)(=O)NC2CC2)cc1. The van der Waals surface area contributed by atoms with Crippen LogP contribution >= 0.6 is 0 Å². The Labute approximate surface area is 150 Å². The zero-order valence-corrected chi connectivity index (χ0v) is 16.1. The third-order valence-electron chi connectivity index (χ3n) is 4.40. The van der Waals surface area contributed by atoms with Crippen LogP contribution in [0.2, 0.25) is 0 Å². The van der Waals surface area contributed by atoms with Gasteiger partial charge in [0.25, 0.3) is 0 Å². The minimum absolute atomic E-state index is 0.0635. The Morgan fingerprint density at radius 3 is 2.40 bits per heavy atom. The number of nitrogens with zero attached hydrogens (tertiary/aromatic N) is 1. The Kier molecular flexibility index (Phi) is 6.24. The van der Waals surface area contributed by atoms with Gasteiger partial charge < -0.3 is 10.6 Å². The molecule has 1 saturated carbocycles. The third-order valence-corrected chi connectivity index (χ3v) is 5.94. The van der Waals surface area contributed by atoms with E-state index in [0.29, 0.717) is 25.9 Å². The molecule has 140 valence electrons. The van der Waals surface area contributed by atoms with E-state index in [1.165, 1.54) is 0 Å². The van der Waals surface area contributed by atoms with Crippen LogP contribution < -0.4 is 10.5 Å². The maximum absolute atomic E-state index is 12.2. The number of aryl methyl sites for hydroxylation is 1. The number of amides is 1. The summed E-state index contributed by atoms with van der Waals surface area (Å²) in [5.41, 5.74) is 6.56. The molecule has 6 nitrogen and oxygen atoms in total. The average Bonchev–Trinajstić information content (AvgIpc) is 3.35. The third kappa shape index (κ3) is 6.09. The minimum atomic E-state index is -3.42. The summed E-state index contributed by atoms with van der Waals surface area (Å²) in [6.45, 7) is 5.21. The van der Waals surface area contributed by atoms with Crippen molar-refractivity contribution < 1.29 is 13.2 Å². The summed E-state index contributed by atoms with van der Waals surface area (Å²) < 4.78 is 26.9. The largest absolute Gasteiger partial charge is 0.345 e. The van der Waals surface area contributed by atoms with Crippen LogP contribution in [0.15, 0.2) is 29.2 Å². The van der Waals surface area contributed by atoms with Crippen LogP contribution in [0.5, 0.6) is 0 Å². The van der Waals surface area contributed by atoms with Crippen LogP contribution in [-0.4, -0.2) is 45.4 Å². The van der Waals surface area contributed by atoms with Crippen molar-refractivity contribution in [2.75, 3.05) is 20.1 Å². The fraction of sp³-hybridized carbons (Fsp3) is 0.611. The van der Waals surface area contributed by atoms with Gasteiger partial charge in [-0.3, -0.25) is 4.79 Å². The number of nitrogens with two attached hydrogens (primary N) is 1. The first-order valence-corrected chi connectivity index (χ1v) is 10.2. The van der Waals surface area contributed by atoms with Crippen molar-refractivity contribution in [3.63, 3.8) is 0 Å². The number of sulfonamides is 1. The second kappa shape index (κ2) is 7.85. The van der Waals surface area contributed by atoms with E-state index in [9.17, 15) is 13.2 Å². The second-order valence-electron chi connectivity index (χ2n) is 7.66. The van der Waals surface area contributed by atoms with E-state index in [1.54, 1.807) is 36.2 Å². The zero-order valence-electron chi connectivity index (χ0n) is 15.3. The summed E-state index contributed by atoms with van der Waals surface area (Å²) in [4.78, 5) is 14.2. The summed E-state index contributed by atoms with van der Waals surface area (Å²) in [6.07, 6.45) is 2.80. The summed E-state index contributed by atoms with van der Waals surface area (Å²) in [5, 5.41) is 0. The van der Waals surface area contributed by atoms with Crippen LogP contribution in [-0.2, 0) is 21.2 Å². The van der Waals surface area contributed by atoms with Gasteiger partial charge in [0.1, 0.15) is 0 Å². The standard InChI is InChI=1S/C18H29N3O3S/c1-18(2,12-19)13-21(3)17(22)11-6-14-4-9-16(10-5-14)25(23,24)20-15-7-8-15/h4-5,9-10,15,20H,6-8,11-13,19H2,1-3H3. The lowest BCUT2D eigenvalue weighted by molar-refractivity contribution is -0.131. The number of carbonyl (C=O) groups is 1. The van der Waals surface area contributed by atoms with E-state index in [2.05, 4.69) is 4.72 Å². The van der Waals surface area contributed by atoms with Gasteiger partial charge in [0.05, 0.1) is 4.90 Å². The summed E-state index contributed by atoms with van der Waals surface area (Å²) in [5.74, 6) is 0.0635. The first-order valence-electron chi connectivity index (χ1n) is 8.68. The van der Waals surface area contributed by atoms with Gasteiger partial charge in [0.15, 0.2) is 0 Å². The van der Waals surface area contributed by atoms with Gasteiger partial charge in [-0.25, -0.2) is 13.1 Å². The molecule has 0 radical (unpaired) electrons. The lowest BCUT2D eigenvalue weighted by Gasteiger charge is -2.29. The normalized spacial score (nSPS) is 15.2. The van der Waals surface area contributed by atoms with E-state index in [1.807, 2.05) is 13.8 Å². The Balaban J connectivity index is 1.87. The molecule has 0 unspecified atom stereocenters. The topological polar surface area (TPSA) is 92.5 Å². The summed E-state index contributed by atoms with van der Waals surface area (Å²) in [6, 6.07) is 6.85. The van der Waals surface area contributed by atoms with Gasteiger partial charge in [0, 0.05) is 26.1 Å². The first kappa shape index (κ1) is 19.9. The van der Waals surface area contributed by atoms with Crippen molar-refractivity contribution in [2.45, 2.75) is 50.5 Å². The van der Waals surface area contributed by atoms with Gasteiger partial charge in [-0.05, 0) is 48.9 Å². The van der Waals surface area contributed by atoms with E-state index in [0.717, 1.165) is 18.4 Å². The Hall–Kier alpha value is -1.44. The average molecular weight is 368 g/mol. The fourth-order valence-electron chi connectivity index (χ4n) is 2.56.